The molecular weight excluding hydrogens is 595 g/mol. The van der Waals surface area contributed by atoms with Gasteiger partial charge in [0, 0.05) is 36.0 Å². The molecule has 6 rings (SSSR count). The van der Waals surface area contributed by atoms with Gasteiger partial charge in [-0.2, -0.15) is 0 Å². The normalized spacial score (nSPS) is 14.7. The number of hydrogen-bond acceptors (Lipinski definition) is 7. The van der Waals surface area contributed by atoms with E-state index < -0.39 is 0 Å². The number of furan rings is 1. The average molecular weight is 630 g/mol. The second-order valence-corrected chi connectivity index (χ2v) is 11.3. The van der Waals surface area contributed by atoms with Crippen molar-refractivity contribution in [1.29, 1.82) is 0 Å². The lowest BCUT2D eigenvalue weighted by Crippen LogP contribution is -2.35. The number of benzene rings is 1. The number of morpholine rings is 1. The Kier molecular flexibility index (Phi) is 11.2. The van der Waals surface area contributed by atoms with Crippen LogP contribution in [0.25, 0.3) is 0 Å². The molecule has 1 aromatic carbocycles. The molecule has 42 heavy (non-hydrogen) atoms. The van der Waals surface area contributed by atoms with E-state index in [-0.39, 0.29) is 42.4 Å². The molecule has 4 heterocycles. The van der Waals surface area contributed by atoms with Crippen LogP contribution >= 0.6 is 36.2 Å². The zero-order chi connectivity index (χ0) is 27.3. The number of ether oxygens (including phenoxy) is 1. The lowest BCUT2D eigenvalue weighted by molar-refractivity contribution is 0.0312. The van der Waals surface area contributed by atoms with Crippen molar-refractivity contribution in [1.82, 2.24) is 9.88 Å². The summed E-state index contributed by atoms with van der Waals surface area (Å²) in [7, 11) is 0. The molecule has 0 spiro atoms. The van der Waals surface area contributed by atoms with Crippen LogP contribution in [0.4, 0.5) is 10.7 Å². The fourth-order valence-corrected chi connectivity index (χ4v) is 6.54. The van der Waals surface area contributed by atoms with Crippen molar-refractivity contribution in [3.8, 4) is 0 Å². The minimum absolute atomic E-state index is 0. The number of rotatable bonds is 8. The Labute approximate surface area is 261 Å². The van der Waals surface area contributed by atoms with Gasteiger partial charge >= 0.3 is 0 Å². The van der Waals surface area contributed by atoms with Crippen LogP contribution in [-0.2, 0) is 30.5 Å². The van der Waals surface area contributed by atoms with Gasteiger partial charge in [-0.25, -0.2) is 0 Å². The maximum atomic E-state index is 13.6. The van der Waals surface area contributed by atoms with Gasteiger partial charge in [-0.15, -0.1) is 36.2 Å². The topological polar surface area (TPSA) is 96.7 Å². The molecule has 1 fully saturated rings. The van der Waals surface area contributed by atoms with Crippen molar-refractivity contribution in [3.05, 3.63) is 99.6 Å². The number of carbonyl (C=O) groups excluding carboxylic acids is 2. The molecule has 2 N–H and O–H groups in total. The third kappa shape index (κ3) is 7.59. The standard InChI is InChI=1S/C31H32N4O4S.2ClH/c36-29(26-10-9-24(39-26)20-35-15-17-38-18-16-35)34-31-28(25-3-1-2-4-27(25)40-31)30(37)33-23-7-5-21(6-8-23)19-22-11-13-32-14-12-22;;/h5-14H,1-4,15-20H2,(H,33,37)(H,34,36);2*1H. The maximum Gasteiger partial charge on any atom is 0.291 e. The van der Waals surface area contributed by atoms with Gasteiger partial charge in [0.2, 0.25) is 0 Å². The molecule has 0 unspecified atom stereocenters. The molecule has 0 bridgehead atoms. The quantitative estimate of drug-likeness (QED) is 0.235. The van der Waals surface area contributed by atoms with Crippen molar-refractivity contribution in [3.63, 3.8) is 0 Å². The second-order valence-electron chi connectivity index (χ2n) is 10.2. The highest BCUT2D eigenvalue weighted by atomic mass is 35.5. The highest BCUT2D eigenvalue weighted by molar-refractivity contribution is 7.17. The number of thiophene rings is 1. The smallest absolute Gasteiger partial charge is 0.291 e. The van der Waals surface area contributed by atoms with Gasteiger partial charge in [-0.05, 0) is 85.2 Å². The number of hydrogen-bond donors (Lipinski definition) is 2. The van der Waals surface area contributed by atoms with Crippen molar-refractivity contribution >= 4 is 58.7 Å². The van der Waals surface area contributed by atoms with Gasteiger partial charge in [0.15, 0.2) is 5.76 Å². The first kappa shape index (κ1) is 31.7. The van der Waals surface area contributed by atoms with Crippen LogP contribution in [0.15, 0.2) is 65.3 Å². The molecule has 0 saturated carbocycles. The summed E-state index contributed by atoms with van der Waals surface area (Å²) in [6.45, 7) is 3.73. The molecule has 2 amide bonds. The van der Waals surface area contributed by atoms with Gasteiger partial charge in [0.1, 0.15) is 10.8 Å². The minimum Gasteiger partial charge on any atom is -0.455 e. The number of halogens is 2. The van der Waals surface area contributed by atoms with Crippen LogP contribution in [-0.4, -0.2) is 48.0 Å². The third-order valence-corrected chi connectivity index (χ3v) is 8.57. The van der Waals surface area contributed by atoms with Crippen molar-refractivity contribution in [2.75, 3.05) is 36.9 Å². The summed E-state index contributed by atoms with van der Waals surface area (Å²) in [5.74, 6) is 0.430. The van der Waals surface area contributed by atoms with E-state index in [2.05, 4.69) is 20.5 Å². The van der Waals surface area contributed by atoms with Crippen molar-refractivity contribution in [2.45, 2.75) is 38.6 Å². The average Bonchev–Trinajstić information content (AvgIpc) is 3.60. The second kappa shape index (κ2) is 14.8. The Morgan fingerprint density at radius 1 is 0.857 bits per heavy atom. The highest BCUT2D eigenvalue weighted by Gasteiger charge is 2.27. The number of amides is 2. The Bertz CT molecular complexity index is 1480. The zero-order valence-electron chi connectivity index (χ0n) is 23.1. The van der Waals surface area contributed by atoms with E-state index in [0.29, 0.717) is 30.3 Å². The third-order valence-electron chi connectivity index (χ3n) is 7.36. The summed E-state index contributed by atoms with van der Waals surface area (Å²) >= 11 is 1.50. The van der Waals surface area contributed by atoms with E-state index >= 15 is 0 Å². The van der Waals surface area contributed by atoms with Crippen LogP contribution in [0.3, 0.4) is 0 Å². The number of nitrogens with one attached hydrogen (secondary N) is 2. The van der Waals surface area contributed by atoms with E-state index in [1.54, 1.807) is 18.5 Å². The predicted octanol–water partition coefficient (Wildman–Crippen LogP) is 6.39. The highest BCUT2D eigenvalue weighted by Crippen LogP contribution is 2.39. The van der Waals surface area contributed by atoms with Crippen LogP contribution in [0, 0.1) is 0 Å². The minimum atomic E-state index is -0.346. The van der Waals surface area contributed by atoms with E-state index in [1.807, 2.05) is 42.5 Å². The lowest BCUT2D eigenvalue weighted by Gasteiger charge is -2.25. The van der Waals surface area contributed by atoms with Gasteiger partial charge in [0.05, 0.1) is 25.3 Å². The summed E-state index contributed by atoms with van der Waals surface area (Å²) < 4.78 is 11.3. The van der Waals surface area contributed by atoms with E-state index in [4.69, 9.17) is 9.15 Å². The number of aromatic nitrogens is 1. The van der Waals surface area contributed by atoms with E-state index in [0.717, 1.165) is 67.8 Å². The fraction of sp³-hybridized carbons (Fsp3) is 0.323. The van der Waals surface area contributed by atoms with E-state index in [9.17, 15) is 9.59 Å². The van der Waals surface area contributed by atoms with Crippen LogP contribution in [0.1, 0.15) is 61.1 Å². The SMILES string of the molecule is Cl.Cl.O=C(Nc1sc2c(c1C(=O)Nc1ccc(Cc3ccncc3)cc1)CCCC2)c1ccc(CN2CCOCC2)o1. The molecule has 222 valence electrons. The summed E-state index contributed by atoms with van der Waals surface area (Å²) in [4.78, 5) is 34.3. The van der Waals surface area contributed by atoms with Gasteiger partial charge < -0.3 is 19.8 Å². The number of fused-ring (bicyclic) bond motifs is 1. The number of aryl methyl sites for hydroxylation is 1. The van der Waals surface area contributed by atoms with Crippen molar-refractivity contribution in [2.24, 2.45) is 0 Å². The largest absolute Gasteiger partial charge is 0.455 e. The van der Waals surface area contributed by atoms with Crippen LogP contribution in [0.2, 0.25) is 0 Å². The molecule has 8 nitrogen and oxygen atoms in total. The number of anilines is 2. The zero-order valence-corrected chi connectivity index (χ0v) is 25.5. The Balaban J connectivity index is 0.00000202. The first-order chi connectivity index (χ1) is 19.6. The van der Waals surface area contributed by atoms with Gasteiger partial charge in [-0.3, -0.25) is 19.5 Å². The monoisotopic (exact) mass is 628 g/mol. The van der Waals surface area contributed by atoms with Crippen molar-refractivity contribution < 1.29 is 18.7 Å². The molecule has 11 heteroatoms. The van der Waals surface area contributed by atoms with Gasteiger partial charge in [0.25, 0.3) is 11.8 Å². The first-order valence-electron chi connectivity index (χ1n) is 13.8. The molecule has 1 aliphatic carbocycles. The summed E-state index contributed by atoms with van der Waals surface area (Å²) in [5, 5.41) is 6.62. The first-order valence-corrected chi connectivity index (χ1v) is 14.6. The molecule has 1 saturated heterocycles. The summed E-state index contributed by atoms with van der Waals surface area (Å²) in [5.41, 5.74) is 4.66. The lowest BCUT2D eigenvalue weighted by atomic mass is 9.95. The van der Waals surface area contributed by atoms with Crippen LogP contribution in [0.5, 0.6) is 0 Å². The fourth-order valence-electron chi connectivity index (χ4n) is 5.26. The summed E-state index contributed by atoms with van der Waals surface area (Å²) in [6, 6.07) is 15.4. The predicted molar refractivity (Wildman–Crippen MR) is 170 cm³/mol. The molecule has 2 aliphatic rings. The Hall–Kier alpha value is -3.21. The summed E-state index contributed by atoms with van der Waals surface area (Å²) in [6.07, 6.45) is 8.25. The number of pyridine rings is 1. The van der Waals surface area contributed by atoms with Gasteiger partial charge in [-0.1, -0.05) is 12.1 Å². The van der Waals surface area contributed by atoms with Crippen LogP contribution < -0.4 is 10.6 Å². The van der Waals surface area contributed by atoms with E-state index in [1.165, 1.54) is 21.8 Å². The Morgan fingerprint density at radius 3 is 2.33 bits per heavy atom. The maximum absolute atomic E-state index is 13.6. The number of carbonyl (C=O) groups is 2. The molecule has 0 atom stereocenters. The molecular formula is C31H34Cl2N4O4S. The molecule has 1 aliphatic heterocycles. The molecule has 4 aromatic rings. The number of nitrogens with zero attached hydrogens (tertiary/aromatic N) is 2. The molecule has 0 radical (unpaired) electrons. The Morgan fingerprint density at radius 2 is 1.57 bits per heavy atom. The molecule has 3 aromatic heterocycles.